The Labute approximate surface area is 170 Å². The number of nitrogens with one attached hydrogen (secondary N) is 1. The molecule has 0 aliphatic heterocycles. The highest BCUT2D eigenvalue weighted by Crippen LogP contribution is 2.41. The topological polar surface area (TPSA) is 82.3 Å². The second-order valence-electron chi connectivity index (χ2n) is 7.33. The lowest BCUT2D eigenvalue weighted by atomic mass is 9.82. The van der Waals surface area contributed by atoms with Crippen molar-refractivity contribution in [1.29, 1.82) is 5.26 Å². The quantitative estimate of drug-likeness (QED) is 0.576. The zero-order valence-corrected chi connectivity index (χ0v) is 16.5. The monoisotopic (exact) mass is 426 g/mol. The van der Waals surface area contributed by atoms with Crippen molar-refractivity contribution >= 4 is 17.7 Å². The third-order valence-electron chi connectivity index (χ3n) is 4.05. The van der Waals surface area contributed by atoms with Crippen molar-refractivity contribution in [1.82, 2.24) is 5.32 Å². The number of alkyl halides is 2. The Bertz CT molecular complexity index is 969. The average molecular weight is 427 g/mol. The average Bonchev–Trinajstić information content (AvgIpc) is 2.62. The number of halogens is 4. The van der Waals surface area contributed by atoms with Crippen LogP contribution in [0.5, 0.6) is 11.5 Å². The summed E-state index contributed by atoms with van der Waals surface area (Å²) in [5.41, 5.74) is -1.28. The zero-order chi connectivity index (χ0) is 21.9. The maximum Gasteiger partial charge on any atom is 0.405 e. The van der Waals surface area contributed by atoms with E-state index in [9.17, 15) is 13.6 Å². The molecule has 0 fully saturated rings. The van der Waals surface area contributed by atoms with Gasteiger partial charge in [0.05, 0.1) is 22.7 Å². The van der Waals surface area contributed by atoms with Gasteiger partial charge in [0.1, 0.15) is 5.75 Å². The van der Waals surface area contributed by atoms with Crippen LogP contribution in [0, 0.1) is 22.6 Å². The predicted molar refractivity (Wildman–Crippen MR) is 101 cm³/mol. The van der Waals surface area contributed by atoms with Gasteiger partial charge in [-0.3, -0.25) is 0 Å². The van der Waals surface area contributed by atoms with Crippen LogP contribution in [0.1, 0.15) is 49.9 Å². The summed E-state index contributed by atoms with van der Waals surface area (Å²) in [5.74, 6) is -1.59. The predicted octanol–water partition coefficient (Wildman–Crippen LogP) is 6.44. The fraction of sp³-hybridized carbons (Fsp3) is 0.300. The largest absolute Gasteiger partial charge is 0.465 e. The summed E-state index contributed by atoms with van der Waals surface area (Å²) >= 11 is 6.04. The number of ether oxygens (including phenoxy) is 1. The summed E-state index contributed by atoms with van der Waals surface area (Å²) in [5, 5.41) is 20.2. The van der Waals surface area contributed by atoms with Crippen molar-refractivity contribution in [3.63, 3.8) is 0 Å². The first kappa shape index (κ1) is 22.4. The third kappa shape index (κ3) is 5.33. The van der Waals surface area contributed by atoms with Crippen LogP contribution in [0.2, 0.25) is 5.02 Å². The van der Waals surface area contributed by atoms with Crippen molar-refractivity contribution in [3.05, 3.63) is 57.9 Å². The molecule has 2 rings (SSSR count). The normalized spacial score (nSPS) is 12.4. The van der Waals surface area contributed by atoms with Gasteiger partial charge in [0.15, 0.2) is 11.6 Å². The van der Waals surface area contributed by atoms with E-state index in [0.717, 1.165) is 12.1 Å². The van der Waals surface area contributed by atoms with Crippen LogP contribution in [0.15, 0.2) is 30.3 Å². The fourth-order valence-electron chi connectivity index (χ4n) is 2.74. The van der Waals surface area contributed by atoms with E-state index in [0.29, 0.717) is 0 Å². The number of amides is 1. The number of rotatable bonds is 5. The van der Waals surface area contributed by atoms with E-state index in [1.807, 2.05) is 0 Å². The molecular formula is C20H18ClF3N2O3. The Balaban J connectivity index is 2.56. The zero-order valence-electron chi connectivity index (χ0n) is 15.8. The molecule has 1 amide bonds. The van der Waals surface area contributed by atoms with E-state index < -0.39 is 41.1 Å². The Morgan fingerprint density at radius 1 is 1.28 bits per heavy atom. The number of hydrogen-bond acceptors (Lipinski definition) is 3. The van der Waals surface area contributed by atoms with Crippen LogP contribution in [0.4, 0.5) is 18.0 Å². The minimum atomic E-state index is -2.86. The van der Waals surface area contributed by atoms with Crippen LogP contribution in [-0.2, 0) is 0 Å². The Kier molecular flexibility index (Phi) is 6.65. The van der Waals surface area contributed by atoms with E-state index >= 15 is 4.39 Å². The van der Waals surface area contributed by atoms with E-state index in [1.165, 1.54) is 18.2 Å². The molecule has 5 nitrogen and oxygen atoms in total. The lowest BCUT2D eigenvalue weighted by molar-refractivity contribution is 0.151. The molecule has 0 radical (unpaired) electrons. The van der Waals surface area contributed by atoms with E-state index in [4.69, 9.17) is 26.7 Å². The molecule has 2 aromatic rings. The van der Waals surface area contributed by atoms with Gasteiger partial charge in [-0.2, -0.15) is 5.26 Å². The lowest BCUT2D eigenvalue weighted by Gasteiger charge is -2.31. The van der Waals surface area contributed by atoms with Crippen molar-refractivity contribution in [2.75, 3.05) is 0 Å². The van der Waals surface area contributed by atoms with Crippen molar-refractivity contribution < 1.29 is 27.8 Å². The number of benzene rings is 2. The van der Waals surface area contributed by atoms with Crippen LogP contribution in [0.3, 0.4) is 0 Å². The first-order valence-electron chi connectivity index (χ1n) is 8.42. The highest BCUT2D eigenvalue weighted by molar-refractivity contribution is 6.32. The summed E-state index contributed by atoms with van der Waals surface area (Å²) in [4.78, 5) is 11.2. The molecule has 0 aliphatic carbocycles. The molecule has 0 heterocycles. The third-order valence-corrected chi connectivity index (χ3v) is 4.35. The fourth-order valence-corrected chi connectivity index (χ4v) is 2.92. The summed E-state index contributed by atoms with van der Waals surface area (Å²) in [6.45, 7) is 5.15. The standard InChI is InChI=1S/C20H18ClF3N2O3/c1-20(2,3)17(26-19(27)28)13-4-5-14(21)16(15(13)22)29-12-7-10(9-25)6-11(8-12)18(23)24/h4-8,17-18,26H,1-3H3,(H,27,28). The van der Waals surface area contributed by atoms with E-state index in [-0.39, 0.29) is 21.9 Å². The number of carbonyl (C=O) groups is 1. The van der Waals surface area contributed by atoms with Crippen molar-refractivity contribution in [2.24, 2.45) is 5.41 Å². The molecule has 29 heavy (non-hydrogen) atoms. The molecule has 0 aliphatic rings. The molecule has 2 N–H and O–H groups in total. The summed E-state index contributed by atoms with van der Waals surface area (Å²) < 4.78 is 46.8. The molecule has 2 aromatic carbocycles. The van der Waals surface area contributed by atoms with Crippen LogP contribution >= 0.6 is 11.6 Å². The summed E-state index contributed by atoms with van der Waals surface area (Å²) in [6, 6.07) is 6.58. The van der Waals surface area contributed by atoms with Crippen molar-refractivity contribution in [2.45, 2.75) is 33.2 Å². The Morgan fingerprint density at radius 3 is 2.45 bits per heavy atom. The maximum atomic E-state index is 15.2. The van der Waals surface area contributed by atoms with Gasteiger partial charge < -0.3 is 15.2 Å². The minimum Gasteiger partial charge on any atom is -0.465 e. The van der Waals surface area contributed by atoms with Gasteiger partial charge in [-0.25, -0.2) is 18.0 Å². The SMILES string of the molecule is CC(C)(C)C(NC(=O)O)c1ccc(Cl)c(Oc2cc(C#N)cc(C(F)F)c2)c1F. The minimum absolute atomic E-state index is 0.0233. The molecule has 1 unspecified atom stereocenters. The maximum absolute atomic E-state index is 15.2. The Hall–Kier alpha value is -2.92. The number of hydrogen-bond donors (Lipinski definition) is 2. The summed E-state index contributed by atoms with van der Waals surface area (Å²) in [6.07, 6.45) is -4.20. The van der Waals surface area contributed by atoms with Gasteiger partial charge in [0, 0.05) is 11.1 Å². The second kappa shape index (κ2) is 8.62. The van der Waals surface area contributed by atoms with Crippen molar-refractivity contribution in [3.8, 4) is 17.6 Å². The molecule has 0 saturated heterocycles. The highest BCUT2D eigenvalue weighted by Gasteiger charge is 2.32. The molecule has 1 atom stereocenters. The van der Waals surface area contributed by atoms with Gasteiger partial charge in [0.2, 0.25) is 0 Å². The number of carboxylic acid groups (broad SMARTS) is 1. The van der Waals surface area contributed by atoms with Gasteiger partial charge in [-0.1, -0.05) is 38.4 Å². The van der Waals surface area contributed by atoms with Gasteiger partial charge in [-0.15, -0.1) is 0 Å². The van der Waals surface area contributed by atoms with Crippen LogP contribution < -0.4 is 10.1 Å². The molecule has 0 aromatic heterocycles. The van der Waals surface area contributed by atoms with E-state index in [2.05, 4.69) is 5.32 Å². The lowest BCUT2D eigenvalue weighted by Crippen LogP contribution is -2.36. The van der Waals surface area contributed by atoms with E-state index in [1.54, 1.807) is 26.8 Å². The van der Waals surface area contributed by atoms with Crippen LogP contribution in [-0.4, -0.2) is 11.2 Å². The summed E-state index contributed by atoms with van der Waals surface area (Å²) in [7, 11) is 0. The first-order valence-corrected chi connectivity index (χ1v) is 8.80. The smallest absolute Gasteiger partial charge is 0.405 e. The number of nitrogens with zero attached hydrogens (tertiary/aromatic N) is 1. The molecule has 9 heteroatoms. The molecule has 154 valence electrons. The van der Waals surface area contributed by atoms with Gasteiger partial charge in [-0.05, 0) is 29.7 Å². The molecule has 0 saturated carbocycles. The second-order valence-corrected chi connectivity index (χ2v) is 7.74. The molecule has 0 bridgehead atoms. The van der Waals surface area contributed by atoms with Gasteiger partial charge >= 0.3 is 6.09 Å². The molecular weight excluding hydrogens is 409 g/mol. The van der Waals surface area contributed by atoms with Gasteiger partial charge in [0.25, 0.3) is 6.43 Å². The molecule has 0 spiro atoms. The van der Waals surface area contributed by atoms with Crippen LogP contribution in [0.25, 0.3) is 0 Å². The highest BCUT2D eigenvalue weighted by atomic mass is 35.5. The Morgan fingerprint density at radius 2 is 1.93 bits per heavy atom. The first-order chi connectivity index (χ1) is 13.4. The number of nitriles is 1.